The number of sulfone groups is 1. The number of carbonyl (C=O) groups excluding carboxylic acids is 1. The quantitative estimate of drug-likeness (QED) is 0.631. The highest BCUT2D eigenvalue weighted by Crippen LogP contribution is 2.17. The average Bonchev–Trinajstić information content (AvgIpc) is 3.08. The summed E-state index contributed by atoms with van der Waals surface area (Å²) in [4.78, 5) is 16.2. The van der Waals surface area contributed by atoms with Crippen LogP contribution in [0.4, 0.5) is 4.39 Å². The molecule has 134 valence electrons. The molecule has 0 unspecified atom stereocenters. The van der Waals surface area contributed by atoms with Gasteiger partial charge in [0.25, 0.3) is 5.89 Å². The molecule has 0 fully saturated rings. The van der Waals surface area contributed by atoms with Gasteiger partial charge in [-0.3, -0.25) is 0 Å². The Labute approximate surface area is 148 Å². The lowest BCUT2D eigenvalue weighted by Crippen LogP contribution is -2.06. The number of nitrogens with zero attached hydrogens (tertiary/aromatic N) is 2. The number of ether oxygens (including phenoxy) is 1. The molecule has 1 aromatic heterocycles. The van der Waals surface area contributed by atoms with Crippen molar-refractivity contribution in [3.05, 3.63) is 65.8 Å². The summed E-state index contributed by atoms with van der Waals surface area (Å²) in [5.41, 5.74) is 0.750. The molecule has 0 aliphatic rings. The fraction of sp³-hybridized carbons (Fsp3) is 0.118. The van der Waals surface area contributed by atoms with E-state index in [1.165, 1.54) is 48.5 Å². The van der Waals surface area contributed by atoms with Crippen molar-refractivity contribution in [3.63, 3.8) is 0 Å². The molecular weight excluding hydrogens is 363 g/mol. The first-order valence-corrected chi connectivity index (χ1v) is 9.28. The van der Waals surface area contributed by atoms with Crippen LogP contribution in [0.1, 0.15) is 16.2 Å². The molecule has 0 N–H and O–H groups in total. The molecule has 1 heterocycles. The number of aromatic nitrogens is 2. The van der Waals surface area contributed by atoms with Crippen LogP contribution < -0.4 is 0 Å². The molecular formula is C17H13FN2O5S. The maximum Gasteiger partial charge on any atom is 0.338 e. The maximum atomic E-state index is 12.9. The van der Waals surface area contributed by atoms with Gasteiger partial charge < -0.3 is 9.26 Å². The van der Waals surface area contributed by atoms with Crippen molar-refractivity contribution in [1.29, 1.82) is 0 Å². The van der Waals surface area contributed by atoms with Gasteiger partial charge in [0.05, 0.1) is 10.5 Å². The summed E-state index contributed by atoms with van der Waals surface area (Å²) >= 11 is 0. The second-order valence-corrected chi connectivity index (χ2v) is 7.41. The Kier molecular flexibility index (Phi) is 4.81. The number of benzene rings is 2. The SMILES string of the molecule is CS(=O)(=O)c1ccc(C(=O)OCc2nc(-c3ccc(F)cc3)no2)cc1. The lowest BCUT2D eigenvalue weighted by Gasteiger charge is -2.03. The van der Waals surface area contributed by atoms with Crippen molar-refractivity contribution in [2.24, 2.45) is 0 Å². The third-order valence-corrected chi connectivity index (χ3v) is 4.54. The monoisotopic (exact) mass is 376 g/mol. The average molecular weight is 376 g/mol. The predicted octanol–water partition coefficient (Wildman–Crippen LogP) is 2.64. The number of hydrogen-bond donors (Lipinski definition) is 0. The minimum atomic E-state index is -3.34. The van der Waals surface area contributed by atoms with E-state index in [0.29, 0.717) is 5.56 Å². The van der Waals surface area contributed by atoms with Gasteiger partial charge in [0.1, 0.15) is 5.82 Å². The van der Waals surface area contributed by atoms with E-state index in [4.69, 9.17) is 9.26 Å². The van der Waals surface area contributed by atoms with Crippen LogP contribution in [-0.2, 0) is 21.2 Å². The third kappa shape index (κ3) is 4.12. The van der Waals surface area contributed by atoms with Crippen LogP contribution in [0.25, 0.3) is 11.4 Å². The van der Waals surface area contributed by atoms with Crippen LogP contribution in [0.3, 0.4) is 0 Å². The lowest BCUT2D eigenvalue weighted by atomic mass is 10.2. The smallest absolute Gasteiger partial charge is 0.338 e. The fourth-order valence-corrected chi connectivity index (χ4v) is 2.71. The van der Waals surface area contributed by atoms with Crippen molar-refractivity contribution < 1.29 is 26.9 Å². The Hall–Kier alpha value is -3.07. The van der Waals surface area contributed by atoms with Gasteiger partial charge in [-0.1, -0.05) is 5.16 Å². The van der Waals surface area contributed by atoms with Crippen molar-refractivity contribution in [1.82, 2.24) is 10.1 Å². The van der Waals surface area contributed by atoms with Crippen LogP contribution in [-0.4, -0.2) is 30.8 Å². The zero-order chi connectivity index (χ0) is 18.7. The molecule has 9 heteroatoms. The first-order valence-electron chi connectivity index (χ1n) is 7.39. The molecule has 0 radical (unpaired) electrons. The topological polar surface area (TPSA) is 99.4 Å². The summed E-state index contributed by atoms with van der Waals surface area (Å²) in [5, 5.41) is 3.74. The van der Waals surface area contributed by atoms with E-state index in [-0.39, 0.29) is 34.6 Å². The Morgan fingerprint density at radius 3 is 2.38 bits per heavy atom. The second kappa shape index (κ2) is 7.04. The summed E-state index contributed by atoms with van der Waals surface area (Å²) in [6.07, 6.45) is 1.08. The van der Waals surface area contributed by atoms with Gasteiger partial charge in [0, 0.05) is 11.8 Å². The molecule has 3 rings (SSSR count). The predicted molar refractivity (Wildman–Crippen MR) is 88.4 cm³/mol. The fourth-order valence-electron chi connectivity index (χ4n) is 2.08. The molecule has 3 aromatic rings. The number of esters is 1. The minimum absolute atomic E-state index is 0.0745. The molecule has 0 aliphatic heterocycles. The zero-order valence-electron chi connectivity index (χ0n) is 13.5. The summed E-state index contributed by atoms with van der Waals surface area (Å²) in [6.45, 7) is -0.249. The highest BCUT2D eigenvalue weighted by atomic mass is 32.2. The van der Waals surface area contributed by atoms with Gasteiger partial charge in [0.2, 0.25) is 5.82 Å². The summed E-state index contributed by atoms with van der Waals surface area (Å²) < 4.78 is 45.8. The van der Waals surface area contributed by atoms with E-state index < -0.39 is 15.8 Å². The van der Waals surface area contributed by atoms with Gasteiger partial charge in [-0.15, -0.1) is 0 Å². The van der Waals surface area contributed by atoms with Crippen molar-refractivity contribution in [2.45, 2.75) is 11.5 Å². The third-order valence-electron chi connectivity index (χ3n) is 3.42. The van der Waals surface area contributed by atoms with E-state index >= 15 is 0 Å². The van der Waals surface area contributed by atoms with E-state index in [1.807, 2.05) is 0 Å². The molecule has 2 aromatic carbocycles. The van der Waals surface area contributed by atoms with Crippen molar-refractivity contribution in [3.8, 4) is 11.4 Å². The number of halogens is 1. The zero-order valence-corrected chi connectivity index (χ0v) is 14.4. The van der Waals surface area contributed by atoms with Gasteiger partial charge in [-0.05, 0) is 48.5 Å². The summed E-state index contributed by atoms with van der Waals surface area (Å²) in [5.74, 6) is -0.723. The first-order chi connectivity index (χ1) is 12.3. The molecule has 26 heavy (non-hydrogen) atoms. The minimum Gasteiger partial charge on any atom is -0.452 e. The van der Waals surface area contributed by atoms with E-state index in [1.54, 1.807) is 0 Å². The van der Waals surface area contributed by atoms with E-state index in [2.05, 4.69) is 10.1 Å². The van der Waals surface area contributed by atoms with Crippen LogP contribution in [0.15, 0.2) is 57.9 Å². The normalized spacial score (nSPS) is 11.3. The molecule has 0 atom stereocenters. The van der Waals surface area contributed by atoms with Crippen molar-refractivity contribution in [2.75, 3.05) is 6.26 Å². The molecule has 0 aliphatic carbocycles. The molecule has 0 saturated heterocycles. The largest absolute Gasteiger partial charge is 0.452 e. The number of hydrogen-bond acceptors (Lipinski definition) is 7. The Balaban J connectivity index is 1.64. The molecule has 0 bridgehead atoms. The van der Waals surface area contributed by atoms with Crippen LogP contribution >= 0.6 is 0 Å². The Morgan fingerprint density at radius 1 is 1.12 bits per heavy atom. The van der Waals surface area contributed by atoms with Gasteiger partial charge in [0.15, 0.2) is 16.4 Å². The van der Waals surface area contributed by atoms with Gasteiger partial charge >= 0.3 is 5.97 Å². The second-order valence-electron chi connectivity index (χ2n) is 5.39. The molecule has 0 saturated carbocycles. The molecule has 7 nitrogen and oxygen atoms in total. The van der Waals surface area contributed by atoms with Crippen LogP contribution in [0.5, 0.6) is 0 Å². The van der Waals surface area contributed by atoms with Crippen molar-refractivity contribution >= 4 is 15.8 Å². The summed E-state index contributed by atoms with van der Waals surface area (Å²) in [7, 11) is -3.34. The highest BCUT2D eigenvalue weighted by Gasteiger charge is 2.14. The Bertz CT molecular complexity index is 1030. The lowest BCUT2D eigenvalue weighted by molar-refractivity contribution is 0.0429. The maximum absolute atomic E-state index is 12.9. The van der Waals surface area contributed by atoms with Crippen LogP contribution in [0, 0.1) is 5.82 Å². The van der Waals surface area contributed by atoms with Crippen LogP contribution in [0.2, 0.25) is 0 Å². The number of rotatable bonds is 5. The van der Waals surface area contributed by atoms with E-state index in [0.717, 1.165) is 6.26 Å². The highest BCUT2D eigenvalue weighted by molar-refractivity contribution is 7.90. The number of carbonyl (C=O) groups is 1. The summed E-state index contributed by atoms with van der Waals surface area (Å²) in [6, 6.07) is 10.9. The first kappa shape index (κ1) is 17.7. The van der Waals surface area contributed by atoms with Gasteiger partial charge in [-0.2, -0.15) is 4.98 Å². The van der Waals surface area contributed by atoms with E-state index in [9.17, 15) is 17.6 Å². The Morgan fingerprint density at radius 2 is 1.77 bits per heavy atom. The standard InChI is InChI=1S/C17H13FN2O5S/c1-26(22,23)14-8-4-12(5-9-14)17(21)24-10-15-19-16(20-25-15)11-2-6-13(18)7-3-11/h2-9H,10H2,1H3. The molecule has 0 spiro atoms. The molecule has 0 amide bonds. The van der Waals surface area contributed by atoms with Gasteiger partial charge in [-0.25, -0.2) is 17.6 Å².